The van der Waals surface area contributed by atoms with E-state index in [1.54, 1.807) is 17.0 Å². The molecular formula is C27H27N3O4S2. The smallest absolute Gasteiger partial charge is 0.260 e. The number of amides is 1. The van der Waals surface area contributed by atoms with Crippen LogP contribution in [0.1, 0.15) is 28.4 Å². The molecular weight excluding hydrogens is 494 g/mol. The predicted octanol–water partition coefficient (Wildman–Crippen LogP) is 4.73. The summed E-state index contributed by atoms with van der Waals surface area (Å²) >= 11 is 1.48. The second-order valence-electron chi connectivity index (χ2n) is 8.57. The number of carbonyl (C=O) groups excluding carboxylic acids is 1. The van der Waals surface area contributed by atoms with E-state index in [9.17, 15) is 13.2 Å². The maximum absolute atomic E-state index is 13.7. The topological polar surface area (TPSA) is 79.8 Å². The number of carbonyl (C=O) groups is 1. The molecule has 186 valence electrons. The van der Waals surface area contributed by atoms with Gasteiger partial charge in [0.2, 0.25) is 10.0 Å². The van der Waals surface area contributed by atoms with E-state index >= 15 is 0 Å². The number of anilines is 1. The molecule has 0 aliphatic carbocycles. The van der Waals surface area contributed by atoms with Crippen LogP contribution in [0.2, 0.25) is 0 Å². The fourth-order valence-corrected chi connectivity index (χ4v) is 6.58. The van der Waals surface area contributed by atoms with Crippen LogP contribution in [0.15, 0.2) is 77.7 Å². The molecule has 1 saturated heterocycles. The fourth-order valence-electron chi connectivity index (χ4n) is 4.15. The number of hydrogen-bond acceptors (Lipinski definition) is 6. The van der Waals surface area contributed by atoms with Gasteiger partial charge in [0, 0.05) is 18.7 Å². The number of rotatable bonds is 7. The monoisotopic (exact) mass is 521 g/mol. The molecule has 2 heterocycles. The third-order valence-electron chi connectivity index (χ3n) is 6.22. The normalized spacial score (nSPS) is 14.7. The summed E-state index contributed by atoms with van der Waals surface area (Å²) < 4.78 is 33.7. The Morgan fingerprint density at radius 2 is 1.72 bits per heavy atom. The van der Waals surface area contributed by atoms with Crippen molar-refractivity contribution in [2.45, 2.75) is 24.8 Å². The van der Waals surface area contributed by atoms with Gasteiger partial charge in [0.05, 0.1) is 34.9 Å². The molecule has 1 aliphatic heterocycles. The summed E-state index contributed by atoms with van der Waals surface area (Å²) in [6, 6.07) is 22.1. The largest absolute Gasteiger partial charge is 0.379 e. The zero-order valence-corrected chi connectivity index (χ0v) is 21.6. The molecule has 1 aliphatic rings. The van der Waals surface area contributed by atoms with Crippen molar-refractivity contribution in [1.82, 2.24) is 9.29 Å². The highest BCUT2D eigenvalue weighted by atomic mass is 32.2. The van der Waals surface area contributed by atoms with E-state index in [1.165, 1.54) is 33.3 Å². The van der Waals surface area contributed by atoms with Crippen LogP contribution in [0.5, 0.6) is 0 Å². The number of sulfonamides is 1. The van der Waals surface area contributed by atoms with Crippen molar-refractivity contribution < 1.29 is 17.9 Å². The molecule has 36 heavy (non-hydrogen) atoms. The Morgan fingerprint density at radius 3 is 2.42 bits per heavy atom. The third kappa shape index (κ3) is 5.05. The molecule has 1 aromatic heterocycles. The summed E-state index contributed by atoms with van der Waals surface area (Å²) in [5, 5.41) is 0.608. The average Bonchev–Trinajstić information content (AvgIpc) is 3.35. The Balaban J connectivity index is 1.47. The van der Waals surface area contributed by atoms with E-state index in [0.29, 0.717) is 43.5 Å². The van der Waals surface area contributed by atoms with Crippen LogP contribution >= 0.6 is 11.3 Å². The van der Waals surface area contributed by atoms with E-state index in [2.05, 4.69) is 19.1 Å². The number of aryl methyl sites for hydroxylation is 1. The molecule has 1 fully saturated rings. The minimum Gasteiger partial charge on any atom is -0.379 e. The second kappa shape index (κ2) is 10.5. The zero-order chi connectivity index (χ0) is 25.1. The van der Waals surface area contributed by atoms with Gasteiger partial charge in [0.1, 0.15) is 0 Å². The molecule has 3 aromatic carbocycles. The number of ether oxygens (including phenoxy) is 1. The predicted molar refractivity (Wildman–Crippen MR) is 142 cm³/mol. The first kappa shape index (κ1) is 24.6. The molecule has 5 rings (SSSR count). The van der Waals surface area contributed by atoms with Crippen molar-refractivity contribution in [3.8, 4) is 0 Å². The van der Waals surface area contributed by atoms with Gasteiger partial charge >= 0.3 is 0 Å². The van der Waals surface area contributed by atoms with Gasteiger partial charge in [-0.2, -0.15) is 4.31 Å². The van der Waals surface area contributed by atoms with Crippen molar-refractivity contribution in [2.24, 2.45) is 0 Å². The Bertz CT molecular complexity index is 1460. The minimum atomic E-state index is -3.63. The summed E-state index contributed by atoms with van der Waals surface area (Å²) in [4.78, 5) is 20.3. The summed E-state index contributed by atoms with van der Waals surface area (Å²) in [7, 11) is -3.63. The standard InChI is InChI=1S/C27H27N3O4S2/c1-2-20-8-13-24-25(18-20)35-27(28-24)30(19-21-6-4-3-5-7-21)26(31)22-9-11-23(12-10-22)36(32,33)29-14-16-34-17-15-29/h3-13,18H,2,14-17,19H2,1H3. The molecule has 1 amide bonds. The molecule has 0 unspecified atom stereocenters. The van der Waals surface area contributed by atoms with Gasteiger partial charge in [-0.25, -0.2) is 13.4 Å². The number of aromatic nitrogens is 1. The van der Waals surface area contributed by atoms with E-state index in [4.69, 9.17) is 9.72 Å². The molecule has 0 radical (unpaired) electrons. The van der Waals surface area contributed by atoms with Crippen molar-refractivity contribution in [1.29, 1.82) is 0 Å². The quantitative estimate of drug-likeness (QED) is 0.351. The van der Waals surface area contributed by atoms with Gasteiger partial charge in [-0.1, -0.05) is 54.7 Å². The van der Waals surface area contributed by atoms with Crippen LogP contribution in [0.3, 0.4) is 0 Å². The van der Waals surface area contributed by atoms with Crippen LogP contribution < -0.4 is 4.90 Å². The van der Waals surface area contributed by atoms with Crippen LogP contribution in [0, 0.1) is 0 Å². The van der Waals surface area contributed by atoms with E-state index in [-0.39, 0.29) is 10.8 Å². The molecule has 0 saturated carbocycles. The summed E-state index contributed by atoms with van der Waals surface area (Å²) in [6.07, 6.45) is 0.926. The van der Waals surface area contributed by atoms with Gasteiger partial charge in [0.15, 0.2) is 5.13 Å². The zero-order valence-electron chi connectivity index (χ0n) is 20.0. The van der Waals surface area contributed by atoms with Crippen molar-refractivity contribution in [3.63, 3.8) is 0 Å². The number of benzene rings is 3. The van der Waals surface area contributed by atoms with Crippen LogP contribution in [-0.2, 0) is 27.7 Å². The lowest BCUT2D eigenvalue weighted by atomic mass is 10.1. The van der Waals surface area contributed by atoms with Crippen molar-refractivity contribution >= 4 is 42.6 Å². The molecule has 4 aromatic rings. The van der Waals surface area contributed by atoms with Gasteiger partial charge in [-0.15, -0.1) is 0 Å². The molecule has 0 spiro atoms. The first-order valence-corrected chi connectivity index (χ1v) is 14.1. The van der Waals surface area contributed by atoms with E-state index < -0.39 is 10.0 Å². The van der Waals surface area contributed by atoms with Gasteiger partial charge in [0.25, 0.3) is 5.91 Å². The van der Waals surface area contributed by atoms with Gasteiger partial charge in [-0.05, 0) is 53.9 Å². The lowest BCUT2D eigenvalue weighted by Crippen LogP contribution is -2.40. The lowest BCUT2D eigenvalue weighted by Gasteiger charge is -2.26. The number of morpholine rings is 1. The molecule has 9 heteroatoms. The lowest BCUT2D eigenvalue weighted by molar-refractivity contribution is 0.0730. The summed E-state index contributed by atoms with van der Waals surface area (Å²) in [5.74, 6) is -0.232. The Kier molecular flexibility index (Phi) is 7.15. The molecule has 7 nitrogen and oxygen atoms in total. The maximum Gasteiger partial charge on any atom is 0.260 e. The fraction of sp³-hybridized carbons (Fsp3) is 0.259. The Morgan fingerprint density at radius 1 is 1.00 bits per heavy atom. The van der Waals surface area contributed by atoms with Crippen LogP contribution in [-0.4, -0.2) is 49.9 Å². The molecule has 0 N–H and O–H groups in total. The van der Waals surface area contributed by atoms with Crippen molar-refractivity contribution in [3.05, 3.63) is 89.5 Å². The maximum atomic E-state index is 13.7. The molecule has 0 bridgehead atoms. The van der Waals surface area contributed by atoms with Gasteiger partial charge in [-0.3, -0.25) is 9.69 Å². The number of thiazole rings is 1. The summed E-state index contributed by atoms with van der Waals surface area (Å²) in [6.45, 7) is 3.87. The average molecular weight is 522 g/mol. The number of hydrogen-bond donors (Lipinski definition) is 0. The molecule has 0 atom stereocenters. The Labute approximate surface area is 215 Å². The Hall–Kier alpha value is -3.11. The van der Waals surface area contributed by atoms with Crippen molar-refractivity contribution in [2.75, 3.05) is 31.2 Å². The highest BCUT2D eigenvalue weighted by Crippen LogP contribution is 2.32. The first-order valence-electron chi connectivity index (χ1n) is 11.9. The number of fused-ring (bicyclic) bond motifs is 1. The van der Waals surface area contributed by atoms with E-state index in [0.717, 1.165) is 22.2 Å². The van der Waals surface area contributed by atoms with Gasteiger partial charge < -0.3 is 4.74 Å². The number of nitrogens with zero attached hydrogens (tertiary/aromatic N) is 3. The van der Waals surface area contributed by atoms with E-state index in [1.807, 2.05) is 36.4 Å². The SMILES string of the molecule is CCc1ccc2nc(N(Cc3ccccc3)C(=O)c3ccc(S(=O)(=O)N4CCOCC4)cc3)sc2c1. The third-order valence-corrected chi connectivity index (χ3v) is 9.17. The summed E-state index contributed by atoms with van der Waals surface area (Å²) in [5.41, 5.74) is 3.45. The minimum absolute atomic E-state index is 0.169. The van der Waals surface area contributed by atoms with Crippen LogP contribution in [0.25, 0.3) is 10.2 Å². The second-order valence-corrected chi connectivity index (χ2v) is 11.5. The highest BCUT2D eigenvalue weighted by Gasteiger charge is 2.27. The highest BCUT2D eigenvalue weighted by molar-refractivity contribution is 7.89. The van der Waals surface area contributed by atoms with Crippen LogP contribution in [0.4, 0.5) is 5.13 Å². The first-order chi connectivity index (χ1) is 17.5.